The van der Waals surface area contributed by atoms with Gasteiger partial charge in [-0.2, -0.15) is 5.10 Å². The number of thioether (sulfide) groups is 1. The van der Waals surface area contributed by atoms with E-state index >= 15 is 0 Å². The summed E-state index contributed by atoms with van der Waals surface area (Å²) < 4.78 is 0. The standard InChI is InChI=1S/C22H17N7O3S/c30-18-9-23-21(32)15-5-4-13(7-17(15)28-18)20(31)27-14-3-1-2-12(6-14)10-33-22-16-8-26-29-19(16)24-11-25-22/h1-8,11H,9-10H2,(H,23,32)(H,27,31)(H,28,30)(H,24,25,26,29). The fourth-order valence-electron chi connectivity index (χ4n) is 3.39. The largest absolute Gasteiger partial charge is 0.343 e. The topological polar surface area (TPSA) is 142 Å². The maximum absolute atomic E-state index is 12.8. The number of fused-ring (bicyclic) bond motifs is 2. The highest BCUT2D eigenvalue weighted by Gasteiger charge is 2.20. The van der Waals surface area contributed by atoms with E-state index in [1.807, 2.05) is 18.2 Å². The van der Waals surface area contributed by atoms with Crippen LogP contribution in [-0.2, 0) is 10.5 Å². The van der Waals surface area contributed by atoms with Crippen molar-refractivity contribution in [2.24, 2.45) is 0 Å². The molecule has 3 heterocycles. The lowest BCUT2D eigenvalue weighted by atomic mass is 10.1. The number of benzene rings is 2. The van der Waals surface area contributed by atoms with Crippen LogP contribution in [0.5, 0.6) is 0 Å². The molecule has 1 aliphatic rings. The molecular weight excluding hydrogens is 442 g/mol. The fraction of sp³-hybridized carbons (Fsp3) is 0.0909. The van der Waals surface area contributed by atoms with Gasteiger partial charge in [0.15, 0.2) is 5.65 Å². The first-order valence-corrected chi connectivity index (χ1v) is 10.9. The van der Waals surface area contributed by atoms with Crippen molar-refractivity contribution in [1.29, 1.82) is 0 Å². The minimum atomic E-state index is -0.364. The molecule has 1 aliphatic heterocycles. The Morgan fingerprint density at radius 1 is 1.12 bits per heavy atom. The molecule has 0 saturated heterocycles. The van der Waals surface area contributed by atoms with E-state index in [0.29, 0.717) is 33.9 Å². The normalized spacial score (nSPS) is 13.1. The van der Waals surface area contributed by atoms with Crippen LogP contribution in [0.2, 0.25) is 0 Å². The molecule has 3 amide bonds. The summed E-state index contributed by atoms with van der Waals surface area (Å²) >= 11 is 1.55. The number of rotatable bonds is 5. The average molecular weight is 459 g/mol. The van der Waals surface area contributed by atoms with Crippen LogP contribution in [0, 0.1) is 0 Å². The van der Waals surface area contributed by atoms with E-state index in [1.165, 1.54) is 18.5 Å². The van der Waals surface area contributed by atoms with Crippen molar-refractivity contribution in [3.63, 3.8) is 0 Å². The number of amides is 3. The van der Waals surface area contributed by atoms with Crippen molar-refractivity contribution in [1.82, 2.24) is 25.5 Å². The molecule has 0 unspecified atom stereocenters. The zero-order chi connectivity index (χ0) is 22.8. The fourth-order valence-corrected chi connectivity index (χ4v) is 4.30. The van der Waals surface area contributed by atoms with Gasteiger partial charge >= 0.3 is 0 Å². The minimum absolute atomic E-state index is 0.110. The Bertz CT molecular complexity index is 1400. The zero-order valence-corrected chi connectivity index (χ0v) is 17.9. The monoisotopic (exact) mass is 459 g/mol. The molecule has 0 aliphatic carbocycles. The Hall–Kier alpha value is -4.25. The van der Waals surface area contributed by atoms with Crippen molar-refractivity contribution < 1.29 is 14.4 Å². The van der Waals surface area contributed by atoms with Gasteiger partial charge in [-0.05, 0) is 35.9 Å². The lowest BCUT2D eigenvalue weighted by molar-refractivity contribution is -0.115. The number of hydrogen-bond acceptors (Lipinski definition) is 7. The van der Waals surface area contributed by atoms with Gasteiger partial charge in [0.1, 0.15) is 11.4 Å². The highest BCUT2D eigenvalue weighted by atomic mass is 32.2. The maximum atomic E-state index is 12.8. The SMILES string of the molecule is O=C1CNC(=O)c2ccc(C(=O)Nc3cccc(CSc4ncnc5[nH]ncc45)c3)cc2N1. The zero-order valence-electron chi connectivity index (χ0n) is 17.1. The van der Waals surface area contributed by atoms with E-state index in [1.54, 1.807) is 30.1 Å². The highest BCUT2D eigenvalue weighted by Crippen LogP contribution is 2.27. The molecule has 4 N–H and O–H groups in total. The quantitative estimate of drug-likeness (QED) is 0.265. The number of nitrogens with zero attached hydrogens (tertiary/aromatic N) is 3. The Kier molecular flexibility index (Phi) is 5.45. The number of nitrogens with one attached hydrogen (secondary N) is 4. The van der Waals surface area contributed by atoms with Gasteiger partial charge in [0.2, 0.25) is 5.91 Å². The molecular formula is C22H17N7O3S. The van der Waals surface area contributed by atoms with E-state index < -0.39 is 0 Å². The van der Waals surface area contributed by atoms with Crippen LogP contribution in [0.1, 0.15) is 26.3 Å². The number of carbonyl (C=O) groups is 3. The van der Waals surface area contributed by atoms with Gasteiger partial charge in [0.25, 0.3) is 11.8 Å². The van der Waals surface area contributed by atoms with Crippen molar-refractivity contribution >= 4 is 51.9 Å². The molecule has 0 saturated carbocycles. The number of anilines is 2. The molecule has 2 aromatic heterocycles. The van der Waals surface area contributed by atoms with E-state index in [-0.39, 0.29) is 24.3 Å². The summed E-state index contributed by atoms with van der Waals surface area (Å²) in [6, 6.07) is 12.1. The second kappa shape index (κ2) is 8.71. The third-order valence-electron chi connectivity index (χ3n) is 4.98. The first-order valence-electron chi connectivity index (χ1n) is 9.96. The highest BCUT2D eigenvalue weighted by molar-refractivity contribution is 7.98. The van der Waals surface area contributed by atoms with Crippen LogP contribution in [0.15, 0.2) is 60.0 Å². The molecule has 0 spiro atoms. The van der Waals surface area contributed by atoms with Gasteiger partial charge in [0, 0.05) is 17.0 Å². The average Bonchev–Trinajstić information content (AvgIpc) is 3.25. The Labute approximate surface area is 191 Å². The van der Waals surface area contributed by atoms with Gasteiger partial charge in [0.05, 0.1) is 29.4 Å². The molecule has 0 radical (unpaired) electrons. The summed E-state index contributed by atoms with van der Waals surface area (Å²) in [6.45, 7) is -0.110. The third kappa shape index (κ3) is 4.39. The van der Waals surface area contributed by atoms with Gasteiger partial charge in [-0.1, -0.05) is 12.1 Å². The van der Waals surface area contributed by atoms with Gasteiger partial charge in [-0.3, -0.25) is 19.5 Å². The molecule has 0 bridgehead atoms. The minimum Gasteiger partial charge on any atom is -0.343 e. The van der Waals surface area contributed by atoms with Crippen LogP contribution in [-0.4, -0.2) is 44.4 Å². The summed E-state index contributed by atoms with van der Waals surface area (Å²) in [5.41, 5.74) is 3.26. The molecule has 4 aromatic rings. The Morgan fingerprint density at radius 3 is 2.94 bits per heavy atom. The number of aromatic amines is 1. The maximum Gasteiger partial charge on any atom is 0.255 e. The molecule has 11 heteroatoms. The van der Waals surface area contributed by atoms with Gasteiger partial charge in [-0.25, -0.2) is 9.97 Å². The third-order valence-corrected chi connectivity index (χ3v) is 6.06. The molecule has 5 rings (SSSR count). The summed E-state index contributed by atoms with van der Waals surface area (Å²) in [5, 5.41) is 16.5. The molecule has 164 valence electrons. The molecule has 0 atom stereocenters. The van der Waals surface area contributed by atoms with E-state index in [4.69, 9.17) is 0 Å². The molecule has 2 aromatic carbocycles. The Morgan fingerprint density at radius 2 is 2.03 bits per heavy atom. The van der Waals surface area contributed by atoms with Gasteiger partial charge < -0.3 is 16.0 Å². The van der Waals surface area contributed by atoms with Crippen LogP contribution >= 0.6 is 11.8 Å². The van der Waals surface area contributed by atoms with Crippen LogP contribution in [0.4, 0.5) is 11.4 Å². The van der Waals surface area contributed by atoms with E-state index in [9.17, 15) is 14.4 Å². The predicted molar refractivity (Wildman–Crippen MR) is 123 cm³/mol. The summed E-state index contributed by atoms with van der Waals surface area (Å²) in [4.78, 5) is 45.1. The number of H-pyrrole nitrogens is 1. The lowest BCUT2D eigenvalue weighted by Crippen LogP contribution is -2.28. The predicted octanol–water partition coefficient (Wildman–Crippen LogP) is 2.58. The number of carbonyl (C=O) groups excluding carboxylic acids is 3. The summed E-state index contributed by atoms with van der Waals surface area (Å²) in [5.74, 6) is -0.420. The van der Waals surface area contributed by atoms with Gasteiger partial charge in [-0.15, -0.1) is 11.8 Å². The lowest BCUT2D eigenvalue weighted by Gasteiger charge is -2.10. The molecule has 0 fully saturated rings. The Balaban J connectivity index is 1.30. The van der Waals surface area contributed by atoms with Crippen molar-refractivity contribution in [3.05, 3.63) is 71.7 Å². The van der Waals surface area contributed by atoms with Crippen LogP contribution < -0.4 is 16.0 Å². The number of hydrogen-bond donors (Lipinski definition) is 4. The van der Waals surface area contributed by atoms with Crippen molar-refractivity contribution in [2.45, 2.75) is 10.8 Å². The number of aromatic nitrogens is 4. The molecule has 10 nitrogen and oxygen atoms in total. The summed E-state index contributed by atoms with van der Waals surface area (Å²) in [7, 11) is 0. The smallest absolute Gasteiger partial charge is 0.255 e. The van der Waals surface area contributed by atoms with Crippen LogP contribution in [0.25, 0.3) is 11.0 Å². The van der Waals surface area contributed by atoms with Crippen molar-refractivity contribution in [3.8, 4) is 0 Å². The second-order valence-electron chi connectivity index (χ2n) is 7.25. The van der Waals surface area contributed by atoms with Crippen molar-refractivity contribution in [2.75, 3.05) is 17.2 Å². The summed E-state index contributed by atoms with van der Waals surface area (Å²) in [6.07, 6.45) is 3.19. The molecule has 33 heavy (non-hydrogen) atoms. The first kappa shape index (κ1) is 20.6. The van der Waals surface area contributed by atoms with E-state index in [0.717, 1.165) is 16.0 Å². The second-order valence-corrected chi connectivity index (χ2v) is 8.21. The van der Waals surface area contributed by atoms with Crippen LogP contribution in [0.3, 0.4) is 0 Å². The van der Waals surface area contributed by atoms with E-state index in [2.05, 4.69) is 36.1 Å². The first-order chi connectivity index (χ1) is 16.1.